The highest BCUT2D eigenvalue weighted by Gasteiger charge is 2.06. The van der Waals surface area contributed by atoms with Gasteiger partial charge in [0.15, 0.2) is 5.03 Å². The average Bonchev–Trinajstić information content (AvgIpc) is 2.00. The molecular formula is C7H11ClO3. The predicted molar refractivity (Wildman–Crippen MR) is 42.2 cm³/mol. The molecule has 0 N–H and O–H groups in total. The molecule has 0 aromatic rings. The van der Waals surface area contributed by atoms with Crippen molar-refractivity contribution in [3.05, 3.63) is 11.3 Å². The Hall–Kier alpha value is -0.700. The van der Waals surface area contributed by atoms with Crippen molar-refractivity contribution in [2.24, 2.45) is 0 Å². The zero-order valence-electron chi connectivity index (χ0n) is 6.59. The van der Waals surface area contributed by atoms with Crippen molar-refractivity contribution in [1.29, 1.82) is 0 Å². The highest BCUT2D eigenvalue weighted by atomic mass is 35.5. The first kappa shape index (κ1) is 10.3. The normalized spacial score (nSPS) is 11.0. The number of hydrogen-bond donors (Lipinski definition) is 0. The Morgan fingerprint density at radius 3 is 2.55 bits per heavy atom. The summed E-state index contributed by atoms with van der Waals surface area (Å²) in [5.41, 5.74) is 0. The van der Waals surface area contributed by atoms with Gasteiger partial charge in [-0.2, -0.15) is 0 Å². The van der Waals surface area contributed by atoms with Crippen molar-refractivity contribution in [3.63, 3.8) is 0 Å². The van der Waals surface area contributed by atoms with Crippen LogP contribution in [-0.4, -0.2) is 19.2 Å². The molecule has 0 radical (unpaired) electrons. The van der Waals surface area contributed by atoms with Crippen molar-refractivity contribution in [2.75, 3.05) is 13.2 Å². The maximum absolute atomic E-state index is 10.7. The first-order valence-electron chi connectivity index (χ1n) is 3.36. The van der Waals surface area contributed by atoms with Crippen LogP contribution >= 0.6 is 11.6 Å². The monoisotopic (exact) mass is 178 g/mol. The molecule has 0 unspecified atom stereocenters. The van der Waals surface area contributed by atoms with E-state index in [1.165, 1.54) is 6.26 Å². The minimum atomic E-state index is -0.553. The maximum Gasteiger partial charge on any atom is 0.352 e. The van der Waals surface area contributed by atoms with Gasteiger partial charge in [0.05, 0.1) is 13.2 Å². The van der Waals surface area contributed by atoms with Crippen molar-refractivity contribution in [3.8, 4) is 0 Å². The Kier molecular flexibility index (Phi) is 5.65. The first-order chi connectivity index (χ1) is 5.22. The van der Waals surface area contributed by atoms with E-state index >= 15 is 0 Å². The first-order valence-corrected chi connectivity index (χ1v) is 3.74. The molecular weight excluding hydrogens is 168 g/mol. The zero-order chi connectivity index (χ0) is 8.69. The van der Waals surface area contributed by atoms with Gasteiger partial charge in [0.2, 0.25) is 0 Å². The van der Waals surface area contributed by atoms with Crippen molar-refractivity contribution in [2.45, 2.75) is 13.8 Å². The Morgan fingerprint density at radius 2 is 2.09 bits per heavy atom. The van der Waals surface area contributed by atoms with E-state index in [9.17, 15) is 4.79 Å². The number of carbonyl (C=O) groups is 1. The molecule has 4 heteroatoms. The lowest BCUT2D eigenvalue weighted by molar-refractivity contribution is -0.137. The van der Waals surface area contributed by atoms with E-state index in [0.29, 0.717) is 13.2 Å². The Morgan fingerprint density at radius 1 is 1.45 bits per heavy atom. The van der Waals surface area contributed by atoms with Gasteiger partial charge < -0.3 is 9.47 Å². The summed E-state index contributed by atoms with van der Waals surface area (Å²) >= 11 is 5.45. The van der Waals surface area contributed by atoms with Gasteiger partial charge in [-0.1, -0.05) is 11.6 Å². The molecule has 0 heterocycles. The maximum atomic E-state index is 10.7. The number of rotatable bonds is 4. The summed E-state index contributed by atoms with van der Waals surface area (Å²) < 4.78 is 9.35. The summed E-state index contributed by atoms with van der Waals surface area (Å²) in [6.45, 7) is 4.30. The summed E-state index contributed by atoms with van der Waals surface area (Å²) in [5, 5.41) is -0.0336. The Balaban J connectivity index is 3.80. The van der Waals surface area contributed by atoms with E-state index in [4.69, 9.17) is 16.3 Å². The molecule has 0 aromatic heterocycles. The van der Waals surface area contributed by atoms with E-state index in [1.807, 2.05) is 0 Å². The topological polar surface area (TPSA) is 35.5 Å². The van der Waals surface area contributed by atoms with Crippen LogP contribution < -0.4 is 0 Å². The second-order valence-electron chi connectivity index (χ2n) is 1.64. The van der Waals surface area contributed by atoms with Gasteiger partial charge in [0, 0.05) is 0 Å². The number of esters is 1. The lowest BCUT2D eigenvalue weighted by atomic mass is 10.6. The van der Waals surface area contributed by atoms with Gasteiger partial charge in [-0.15, -0.1) is 0 Å². The molecule has 0 aromatic carbocycles. The van der Waals surface area contributed by atoms with Crippen LogP contribution in [0.15, 0.2) is 11.3 Å². The highest BCUT2D eigenvalue weighted by molar-refractivity contribution is 6.41. The summed E-state index contributed by atoms with van der Waals surface area (Å²) in [6, 6.07) is 0. The van der Waals surface area contributed by atoms with Crippen molar-refractivity contribution >= 4 is 17.6 Å². The third-order valence-electron chi connectivity index (χ3n) is 0.824. The molecule has 64 valence electrons. The number of ether oxygens (including phenoxy) is 2. The lowest BCUT2D eigenvalue weighted by Crippen LogP contribution is -2.03. The molecule has 0 fully saturated rings. The smallest absolute Gasteiger partial charge is 0.352 e. The van der Waals surface area contributed by atoms with Gasteiger partial charge >= 0.3 is 5.97 Å². The van der Waals surface area contributed by atoms with Crippen LogP contribution in [0.2, 0.25) is 0 Å². The molecule has 11 heavy (non-hydrogen) atoms. The van der Waals surface area contributed by atoms with Crippen molar-refractivity contribution in [1.82, 2.24) is 0 Å². The van der Waals surface area contributed by atoms with Gasteiger partial charge in [-0.25, -0.2) is 4.79 Å². The fourth-order valence-electron chi connectivity index (χ4n) is 0.405. The fraction of sp³-hybridized carbons (Fsp3) is 0.571. The van der Waals surface area contributed by atoms with Crippen LogP contribution in [0.4, 0.5) is 0 Å². The molecule has 0 aliphatic rings. The summed E-state index contributed by atoms with van der Waals surface area (Å²) in [5.74, 6) is -0.553. The minimum absolute atomic E-state index is 0.0336. The lowest BCUT2D eigenvalue weighted by Gasteiger charge is -1.99. The van der Waals surface area contributed by atoms with Crippen LogP contribution in [0.25, 0.3) is 0 Å². The van der Waals surface area contributed by atoms with Gasteiger partial charge in [-0.3, -0.25) is 0 Å². The fourth-order valence-corrected chi connectivity index (χ4v) is 0.522. The highest BCUT2D eigenvalue weighted by Crippen LogP contribution is 2.03. The van der Waals surface area contributed by atoms with E-state index in [1.54, 1.807) is 13.8 Å². The molecule has 3 nitrogen and oxygen atoms in total. The molecule has 0 saturated heterocycles. The molecule has 0 rings (SSSR count). The molecule has 0 spiro atoms. The SMILES string of the molecule is CCO/C=C(\Cl)C(=O)OCC. The van der Waals surface area contributed by atoms with Crippen LogP contribution in [0.3, 0.4) is 0 Å². The molecule has 0 atom stereocenters. The summed E-state index contributed by atoms with van der Waals surface area (Å²) in [6.07, 6.45) is 1.18. The largest absolute Gasteiger partial charge is 0.500 e. The minimum Gasteiger partial charge on any atom is -0.500 e. The van der Waals surface area contributed by atoms with Crippen LogP contribution in [0.5, 0.6) is 0 Å². The number of halogens is 1. The predicted octanol–water partition coefficient (Wildman–Crippen LogP) is 1.67. The molecule has 0 saturated carbocycles. The third-order valence-corrected chi connectivity index (χ3v) is 1.07. The summed E-state index contributed by atoms with van der Waals surface area (Å²) in [7, 11) is 0. The van der Waals surface area contributed by atoms with Crippen LogP contribution in [-0.2, 0) is 14.3 Å². The molecule has 0 bridgehead atoms. The third kappa shape index (κ3) is 4.67. The van der Waals surface area contributed by atoms with Crippen LogP contribution in [0, 0.1) is 0 Å². The standard InChI is InChI=1S/C7H11ClO3/c1-3-10-5-6(8)7(9)11-4-2/h5H,3-4H2,1-2H3/b6-5-. The number of carbonyl (C=O) groups excluding carboxylic acids is 1. The van der Waals surface area contributed by atoms with E-state index in [0.717, 1.165) is 0 Å². The zero-order valence-corrected chi connectivity index (χ0v) is 7.35. The second-order valence-corrected chi connectivity index (χ2v) is 2.05. The van der Waals surface area contributed by atoms with E-state index < -0.39 is 5.97 Å². The van der Waals surface area contributed by atoms with E-state index in [-0.39, 0.29) is 5.03 Å². The number of hydrogen-bond acceptors (Lipinski definition) is 3. The van der Waals surface area contributed by atoms with Gasteiger partial charge in [0.25, 0.3) is 0 Å². The second kappa shape index (κ2) is 6.04. The average molecular weight is 179 g/mol. The quantitative estimate of drug-likeness (QED) is 0.373. The summed E-state index contributed by atoms with van der Waals surface area (Å²) in [4.78, 5) is 10.7. The van der Waals surface area contributed by atoms with Crippen LogP contribution in [0.1, 0.15) is 13.8 Å². The Labute approximate surface area is 70.9 Å². The Bertz CT molecular complexity index is 154. The van der Waals surface area contributed by atoms with Crippen molar-refractivity contribution < 1.29 is 14.3 Å². The van der Waals surface area contributed by atoms with Gasteiger partial charge in [-0.05, 0) is 13.8 Å². The van der Waals surface area contributed by atoms with E-state index in [2.05, 4.69) is 4.74 Å². The molecule has 0 aliphatic carbocycles. The van der Waals surface area contributed by atoms with Gasteiger partial charge in [0.1, 0.15) is 6.26 Å². The molecule has 0 amide bonds. The molecule has 0 aliphatic heterocycles.